The molecule has 0 saturated carbocycles. The first-order chi connectivity index (χ1) is 13.4. The lowest BCUT2D eigenvalue weighted by molar-refractivity contribution is -0.137. The van der Waals surface area contributed by atoms with Gasteiger partial charge in [-0.3, -0.25) is 9.89 Å². The Bertz CT molecular complexity index is 1070. The number of halogens is 3. The van der Waals surface area contributed by atoms with Gasteiger partial charge in [0.25, 0.3) is 0 Å². The molecule has 8 heteroatoms. The van der Waals surface area contributed by atoms with E-state index in [1.54, 1.807) is 0 Å². The molecule has 5 nitrogen and oxygen atoms in total. The highest BCUT2D eigenvalue weighted by molar-refractivity contribution is 6.07. The molecular formula is C20H16F3N3O2. The molecule has 0 saturated heterocycles. The lowest BCUT2D eigenvalue weighted by atomic mass is 9.99. The highest BCUT2D eigenvalue weighted by atomic mass is 19.4. The van der Waals surface area contributed by atoms with Gasteiger partial charge in [-0.1, -0.05) is 18.2 Å². The quantitative estimate of drug-likeness (QED) is 0.622. The molecule has 2 aromatic carbocycles. The first kappa shape index (κ1) is 18.1. The lowest BCUT2D eigenvalue weighted by Crippen LogP contribution is -2.10. The van der Waals surface area contributed by atoms with Crippen LogP contribution in [0.15, 0.2) is 48.5 Å². The van der Waals surface area contributed by atoms with Crippen molar-refractivity contribution >= 4 is 28.2 Å². The van der Waals surface area contributed by atoms with Gasteiger partial charge in [-0.05, 0) is 42.7 Å². The largest absolute Gasteiger partial charge is 0.493 e. The van der Waals surface area contributed by atoms with Gasteiger partial charge < -0.3 is 10.1 Å². The minimum absolute atomic E-state index is 0.136. The number of amides is 1. The normalized spacial score (nSPS) is 15.8. The molecular weight excluding hydrogens is 371 g/mol. The van der Waals surface area contributed by atoms with Gasteiger partial charge in [-0.25, -0.2) is 0 Å². The Kier molecular flexibility index (Phi) is 4.54. The van der Waals surface area contributed by atoms with E-state index in [1.165, 1.54) is 12.1 Å². The maximum Gasteiger partial charge on any atom is 0.416 e. The standard InChI is InChI=1S/C20H16F3N3O2/c21-20(22,23)13-7-8-14-12(4-3-9-28-17(14)11-13)10-18(27)24-19-15-5-1-2-6-16(15)25-26-19/h1-2,5-8,10-11H,3-4,9H2,(H2,24,25,26,27)/b12-10+. The molecule has 1 aliphatic rings. The summed E-state index contributed by atoms with van der Waals surface area (Å²) in [6, 6.07) is 10.7. The van der Waals surface area contributed by atoms with Crippen molar-refractivity contribution in [1.82, 2.24) is 10.2 Å². The average molecular weight is 387 g/mol. The molecule has 1 aromatic heterocycles. The number of nitrogens with one attached hydrogen (secondary N) is 2. The molecule has 1 aliphatic heterocycles. The van der Waals surface area contributed by atoms with Gasteiger partial charge >= 0.3 is 6.18 Å². The molecule has 0 bridgehead atoms. The number of ether oxygens (including phenoxy) is 1. The number of fused-ring (bicyclic) bond motifs is 2. The number of carbonyl (C=O) groups excluding carboxylic acids is 1. The van der Waals surface area contributed by atoms with Crippen molar-refractivity contribution in [2.75, 3.05) is 11.9 Å². The maximum atomic E-state index is 13.0. The molecule has 0 atom stereocenters. The van der Waals surface area contributed by atoms with Crippen LogP contribution >= 0.6 is 0 Å². The van der Waals surface area contributed by atoms with E-state index in [2.05, 4.69) is 15.5 Å². The Balaban J connectivity index is 1.63. The fraction of sp³-hybridized carbons (Fsp3) is 0.200. The van der Waals surface area contributed by atoms with E-state index in [1.807, 2.05) is 24.3 Å². The Labute approximate surface area is 158 Å². The topological polar surface area (TPSA) is 67.0 Å². The van der Waals surface area contributed by atoms with Crippen LogP contribution in [0.4, 0.5) is 19.0 Å². The van der Waals surface area contributed by atoms with E-state index in [0.29, 0.717) is 29.8 Å². The maximum absolute atomic E-state index is 13.0. The number of H-pyrrole nitrogens is 1. The Morgan fingerprint density at radius 2 is 2.04 bits per heavy atom. The lowest BCUT2D eigenvalue weighted by Gasteiger charge is -2.13. The minimum Gasteiger partial charge on any atom is -0.493 e. The number of carbonyl (C=O) groups is 1. The number of alkyl halides is 3. The number of nitrogens with zero attached hydrogens (tertiary/aromatic N) is 1. The summed E-state index contributed by atoms with van der Waals surface area (Å²) in [6.07, 6.45) is -1.94. The van der Waals surface area contributed by atoms with Gasteiger partial charge in [0.15, 0.2) is 5.82 Å². The minimum atomic E-state index is -4.45. The molecule has 2 heterocycles. The second kappa shape index (κ2) is 7.03. The average Bonchev–Trinajstić information content (AvgIpc) is 2.95. The van der Waals surface area contributed by atoms with E-state index in [9.17, 15) is 18.0 Å². The Morgan fingerprint density at radius 1 is 1.21 bits per heavy atom. The van der Waals surface area contributed by atoms with Crippen LogP contribution in [0.3, 0.4) is 0 Å². The monoisotopic (exact) mass is 387 g/mol. The smallest absolute Gasteiger partial charge is 0.416 e. The molecule has 3 aromatic rings. The van der Waals surface area contributed by atoms with Crippen molar-refractivity contribution in [2.45, 2.75) is 19.0 Å². The fourth-order valence-corrected chi connectivity index (χ4v) is 3.18. The van der Waals surface area contributed by atoms with Gasteiger partial charge in [-0.15, -0.1) is 0 Å². The molecule has 4 rings (SSSR count). The van der Waals surface area contributed by atoms with E-state index in [0.717, 1.165) is 23.0 Å². The Hall–Kier alpha value is -3.29. The van der Waals surface area contributed by atoms with Crippen molar-refractivity contribution in [3.63, 3.8) is 0 Å². The van der Waals surface area contributed by atoms with Gasteiger partial charge in [-0.2, -0.15) is 18.3 Å². The van der Waals surface area contributed by atoms with Crippen LogP contribution in [0.1, 0.15) is 24.0 Å². The highest BCUT2D eigenvalue weighted by Crippen LogP contribution is 2.38. The van der Waals surface area contributed by atoms with E-state index < -0.39 is 17.6 Å². The van der Waals surface area contributed by atoms with Crippen molar-refractivity contribution in [3.8, 4) is 5.75 Å². The fourth-order valence-electron chi connectivity index (χ4n) is 3.18. The number of para-hydroxylation sites is 1. The molecule has 0 spiro atoms. The predicted octanol–water partition coefficient (Wildman–Crippen LogP) is 4.78. The predicted molar refractivity (Wildman–Crippen MR) is 98.9 cm³/mol. The molecule has 0 fully saturated rings. The second-order valence-electron chi connectivity index (χ2n) is 6.44. The molecule has 0 aliphatic carbocycles. The van der Waals surface area contributed by atoms with Crippen LogP contribution < -0.4 is 10.1 Å². The number of hydrogen-bond acceptors (Lipinski definition) is 3. The number of aromatic nitrogens is 2. The molecule has 0 radical (unpaired) electrons. The van der Waals surface area contributed by atoms with Crippen molar-refractivity contribution in [1.29, 1.82) is 0 Å². The molecule has 1 amide bonds. The molecule has 0 unspecified atom stereocenters. The van der Waals surface area contributed by atoms with Crippen LogP contribution in [0, 0.1) is 0 Å². The van der Waals surface area contributed by atoms with Crippen LogP contribution in [0.25, 0.3) is 16.5 Å². The SMILES string of the molecule is O=C(/C=C1\CCCOc2cc(C(F)(F)F)ccc21)Nc1n[nH]c2ccccc12. The van der Waals surface area contributed by atoms with Crippen LogP contribution in [-0.2, 0) is 11.0 Å². The number of aromatic amines is 1. The van der Waals surface area contributed by atoms with Crippen LogP contribution in [0.5, 0.6) is 5.75 Å². The zero-order valence-corrected chi connectivity index (χ0v) is 14.6. The number of benzene rings is 2. The summed E-state index contributed by atoms with van der Waals surface area (Å²) >= 11 is 0. The number of anilines is 1. The second-order valence-corrected chi connectivity index (χ2v) is 6.44. The third-order valence-corrected chi connectivity index (χ3v) is 4.52. The van der Waals surface area contributed by atoms with E-state index >= 15 is 0 Å². The highest BCUT2D eigenvalue weighted by Gasteiger charge is 2.32. The number of allylic oxidation sites excluding steroid dienone is 1. The van der Waals surface area contributed by atoms with Crippen LogP contribution in [0.2, 0.25) is 0 Å². The summed E-state index contributed by atoms with van der Waals surface area (Å²) in [5, 5.41) is 10.4. The first-order valence-corrected chi connectivity index (χ1v) is 8.71. The summed E-state index contributed by atoms with van der Waals surface area (Å²) < 4.78 is 44.4. The first-order valence-electron chi connectivity index (χ1n) is 8.71. The van der Waals surface area contributed by atoms with Gasteiger partial charge in [0.2, 0.25) is 5.91 Å². The molecule has 2 N–H and O–H groups in total. The Morgan fingerprint density at radius 3 is 2.86 bits per heavy atom. The molecule has 144 valence electrons. The van der Waals surface area contributed by atoms with Crippen molar-refractivity contribution < 1.29 is 22.7 Å². The summed E-state index contributed by atoms with van der Waals surface area (Å²) in [7, 11) is 0. The van der Waals surface area contributed by atoms with Gasteiger partial charge in [0.05, 0.1) is 17.7 Å². The van der Waals surface area contributed by atoms with E-state index in [-0.39, 0.29) is 12.4 Å². The summed E-state index contributed by atoms with van der Waals surface area (Å²) in [6.45, 7) is 0.289. The number of hydrogen-bond donors (Lipinski definition) is 2. The van der Waals surface area contributed by atoms with Gasteiger partial charge in [0, 0.05) is 17.0 Å². The van der Waals surface area contributed by atoms with Gasteiger partial charge in [0.1, 0.15) is 5.75 Å². The molecule has 28 heavy (non-hydrogen) atoms. The summed E-state index contributed by atoms with van der Waals surface area (Å²) in [5.74, 6) is 0.131. The number of rotatable bonds is 2. The van der Waals surface area contributed by atoms with Crippen LogP contribution in [-0.4, -0.2) is 22.7 Å². The van der Waals surface area contributed by atoms with E-state index in [4.69, 9.17) is 4.74 Å². The third kappa shape index (κ3) is 3.58. The zero-order valence-electron chi connectivity index (χ0n) is 14.6. The van der Waals surface area contributed by atoms with Crippen molar-refractivity contribution in [3.05, 3.63) is 59.7 Å². The van der Waals surface area contributed by atoms with Crippen molar-refractivity contribution in [2.24, 2.45) is 0 Å². The summed E-state index contributed by atoms with van der Waals surface area (Å²) in [4.78, 5) is 12.5. The third-order valence-electron chi connectivity index (χ3n) is 4.52. The zero-order chi connectivity index (χ0) is 19.7. The summed E-state index contributed by atoms with van der Waals surface area (Å²) in [5.41, 5.74) is 1.13.